The molecule has 1 saturated heterocycles. The Kier molecular flexibility index (Phi) is 6.00. The van der Waals surface area contributed by atoms with Crippen LogP contribution in [0.15, 0.2) is 71.8 Å². The van der Waals surface area contributed by atoms with Gasteiger partial charge in [-0.3, -0.25) is 9.78 Å². The Hall–Kier alpha value is -3.76. The molecule has 2 aromatic heterocycles. The van der Waals surface area contributed by atoms with E-state index in [0.29, 0.717) is 41.4 Å². The number of hydrogen-bond acceptors (Lipinski definition) is 7. The minimum atomic E-state index is -3.32. The molecule has 1 aliphatic heterocycles. The van der Waals surface area contributed by atoms with E-state index in [1.807, 2.05) is 36.4 Å². The van der Waals surface area contributed by atoms with Crippen molar-refractivity contribution in [3.8, 4) is 17.3 Å². The van der Waals surface area contributed by atoms with Gasteiger partial charge in [0, 0.05) is 19.3 Å². The maximum Gasteiger partial charge on any atom is 0.225 e. The van der Waals surface area contributed by atoms with Gasteiger partial charge in [0.05, 0.1) is 28.7 Å². The molecule has 0 spiro atoms. The summed E-state index contributed by atoms with van der Waals surface area (Å²) in [6.45, 7) is 2.27. The molecule has 35 heavy (non-hydrogen) atoms. The molecule has 10 heteroatoms. The number of β-amino-alcohol motifs (C(OH)–C–C–N with tert-alkyl or cyclic N) is 1. The van der Waals surface area contributed by atoms with E-state index in [1.54, 1.807) is 34.9 Å². The minimum Gasteiger partial charge on any atom is -0.391 e. The molecule has 9 nitrogen and oxygen atoms in total. The summed E-state index contributed by atoms with van der Waals surface area (Å²) < 4.78 is 25.9. The average molecular weight is 493 g/mol. The lowest BCUT2D eigenvalue weighted by atomic mass is 10.2. The number of sulfone groups is 1. The molecule has 3 heterocycles. The molecule has 180 valence electrons. The van der Waals surface area contributed by atoms with Crippen LogP contribution in [-0.2, 0) is 21.2 Å². The molecule has 1 amide bonds. The van der Waals surface area contributed by atoms with E-state index in [-0.39, 0.29) is 23.0 Å². The molecule has 1 aliphatic rings. The van der Waals surface area contributed by atoms with E-state index in [1.165, 1.54) is 12.1 Å². The van der Waals surface area contributed by atoms with Gasteiger partial charge in [-0.15, -0.1) is 0 Å². The van der Waals surface area contributed by atoms with E-state index in [2.05, 4.69) is 4.98 Å². The largest absolute Gasteiger partial charge is 0.391 e. The molecule has 0 saturated carbocycles. The van der Waals surface area contributed by atoms with Crippen LogP contribution in [0, 0.1) is 0 Å². The molecule has 4 aromatic rings. The summed E-state index contributed by atoms with van der Waals surface area (Å²) in [6, 6.07) is 17.4. The molecular formula is C25H24N4O5S. The Balaban J connectivity index is 1.54. The lowest BCUT2D eigenvalue weighted by Gasteiger charge is -2.16. The summed E-state index contributed by atoms with van der Waals surface area (Å²) in [4.78, 5) is 29.3. The molecule has 1 N–H and O–H groups in total. The number of aliphatic hydroxyl groups is 1. The Morgan fingerprint density at radius 2 is 1.91 bits per heavy atom. The fraction of sp³-hybridized carbons (Fsp3) is 0.240. The van der Waals surface area contributed by atoms with Crippen molar-refractivity contribution in [2.75, 3.05) is 12.3 Å². The molecule has 0 bridgehead atoms. The van der Waals surface area contributed by atoms with Gasteiger partial charge in [0.15, 0.2) is 21.4 Å². The van der Waals surface area contributed by atoms with Crippen molar-refractivity contribution in [1.82, 2.24) is 19.6 Å². The summed E-state index contributed by atoms with van der Waals surface area (Å²) in [6.07, 6.45) is 1.16. The highest BCUT2D eigenvalue weighted by Crippen LogP contribution is 2.27. The Labute approximate surface area is 202 Å². The molecule has 0 unspecified atom stereocenters. The van der Waals surface area contributed by atoms with Crippen molar-refractivity contribution < 1.29 is 23.2 Å². The number of carbonyl (C=O) groups is 1. The summed E-state index contributed by atoms with van der Waals surface area (Å²) in [5.41, 5.74) is 2.81. The van der Waals surface area contributed by atoms with Gasteiger partial charge in [-0.25, -0.2) is 13.4 Å². The molecule has 5 rings (SSSR count). The molecule has 1 fully saturated rings. The third-order valence-corrected chi connectivity index (χ3v) is 7.65. The van der Waals surface area contributed by atoms with E-state index in [9.17, 15) is 18.3 Å². The Morgan fingerprint density at radius 1 is 1.11 bits per heavy atom. The van der Waals surface area contributed by atoms with E-state index in [0.717, 1.165) is 5.56 Å². The molecule has 0 radical (unpaired) electrons. The zero-order chi connectivity index (χ0) is 24.6. The number of hydrogen-bond donors (Lipinski definition) is 1. The fourth-order valence-electron chi connectivity index (χ4n) is 4.05. The Morgan fingerprint density at radius 3 is 2.57 bits per heavy atom. The topological polar surface area (TPSA) is 115 Å². The van der Waals surface area contributed by atoms with E-state index >= 15 is 0 Å². The van der Waals surface area contributed by atoms with Gasteiger partial charge >= 0.3 is 0 Å². The number of pyridine rings is 1. The van der Waals surface area contributed by atoms with Crippen LogP contribution in [0.5, 0.6) is 5.75 Å². The summed E-state index contributed by atoms with van der Waals surface area (Å²) in [5, 5.41) is 9.80. The number of likely N-dealkylation sites (tertiary alicyclic amines) is 1. The van der Waals surface area contributed by atoms with Crippen LogP contribution in [0.1, 0.15) is 18.9 Å². The summed E-state index contributed by atoms with van der Waals surface area (Å²) in [7, 11) is -3.32. The first-order valence-corrected chi connectivity index (χ1v) is 12.9. The fourth-order valence-corrected chi connectivity index (χ4v) is 4.94. The van der Waals surface area contributed by atoms with Gasteiger partial charge in [0.1, 0.15) is 11.2 Å². The van der Waals surface area contributed by atoms with Crippen molar-refractivity contribution in [3.63, 3.8) is 0 Å². The normalized spacial score (nSPS) is 16.2. The number of amides is 1. The first kappa shape index (κ1) is 23.0. The predicted octanol–water partition coefficient (Wildman–Crippen LogP) is 2.83. The van der Waals surface area contributed by atoms with Gasteiger partial charge < -0.3 is 14.8 Å². The number of fused-ring (bicyclic) bond motifs is 1. The smallest absolute Gasteiger partial charge is 0.225 e. The number of nitrogens with zero attached hydrogens (tertiary/aromatic N) is 4. The third-order valence-electron chi connectivity index (χ3n) is 5.90. The SMILES string of the molecule is CCS(=O)(=O)c1ccc(On2c(-c3ccccn3)nc3ccc(CN4C[C@@H](O)CC4=O)cc32)cc1. The van der Waals surface area contributed by atoms with Crippen LogP contribution in [0.3, 0.4) is 0 Å². The van der Waals surface area contributed by atoms with Crippen molar-refractivity contribution in [3.05, 3.63) is 72.4 Å². The van der Waals surface area contributed by atoms with Crippen molar-refractivity contribution >= 4 is 26.8 Å². The monoisotopic (exact) mass is 492 g/mol. The van der Waals surface area contributed by atoms with E-state index in [4.69, 9.17) is 9.82 Å². The second-order valence-electron chi connectivity index (χ2n) is 8.37. The summed E-state index contributed by atoms with van der Waals surface area (Å²) >= 11 is 0. The quantitative estimate of drug-likeness (QED) is 0.422. The van der Waals surface area contributed by atoms with Gasteiger partial charge in [0.2, 0.25) is 5.91 Å². The summed E-state index contributed by atoms with van der Waals surface area (Å²) in [5.74, 6) is 0.844. The van der Waals surface area contributed by atoms with Crippen LogP contribution in [-0.4, -0.2) is 57.4 Å². The first-order chi connectivity index (χ1) is 16.8. The second-order valence-corrected chi connectivity index (χ2v) is 10.6. The predicted molar refractivity (Wildman–Crippen MR) is 129 cm³/mol. The standard InChI is InChI=1S/C25H24N4O5S/c1-2-35(32,33)20-9-7-19(8-10-20)34-29-23-13-17(15-28-16-18(30)14-24(28)31)6-11-21(23)27-25(29)22-5-3-4-12-26-22/h3-13,18,30H,2,14-16H2,1H3/t18-/m0/s1. The number of carbonyl (C=O) groups excluding carboxylic acids is 1. The second kappa shape index (κ2) is 9.12. The van der Waals surface area contributed by atoms with Crippen molar-refractivity contribution in [2.24, 2.45) is 0 Å². The Bertz CT molecular complexity index is 1480. The molecule has 0 aliphatic carbocycles. The van der Waals surface area contributed by atoms with Crippen LogP contribution in [0.25, 0.3) is 22.6 Å². The minimum absolute atomic E-state index is 0.0164. The van der Waals surface area contributed by atoms with Gasteiger partial charge in [-0.05, 0) is 54.1 Å². The number of benzene rings is 2. The van der Waals surface area contributed by atoms with Crippen LogP contribution in [0.2, 0.25) is 0 Å². The highest BCUT2D eigenvalue weighted by molar-refractivity contribution is 7.91. The number of rotatable bonds is 7. The van der Waals surface area contributed by atoms with Gasteiger partial charge in [-0.1, -0.05) is 19.1 Å². The lowest BCUT2D eigenvalue weighted by Crippen LogP contribution is -2.25. The first-order valence-electron chi connectivity index (χ1n) is 11.2. The third kappa shape index (κ3) is 4.62. The maximum absolute atomic E-state index is 12.2. The highest BCUT2D eigenvalue weighted by atomic mass is 32.2. The zero-order valence-corrected chi connectivity index (χ0v) is 19.9. The van der Waals surface area contributed by atoms with Gasteiger partial charge in [-0.2, -0.15) is 4.73 Å². The van der Waals surface area contributed by atoms with Crippen LogP contribution < -0.4 is 4.84 Å². The highest BCUT2D eigenvalue weighted by Gasteiger charge is 2.28. The molecule has 2 aromatic carbocycles. The molecular weight excluding hydrogens is 468 g/mol. The number of imidazole rings is 1. The maximum atomic E-state index is 12.2. The zero-order valence-electron chi connectivity index (χ0n) is 19.0. The van der Waals surface area contributed by atoms with Crippen LogP contribution >= 0.6 is 0 Å². The van der Waals surface area contributed by atoms with Gasteiger partial charge in [0.25, 0.3) is 0 Å². The van der Waals surface area contributed by atoms with Crippen LogP contribution in [0.4, 0.5) is 0 Å². The number of aliphatic hydroxyl groups excluding tert-OH is 1. The number of aromatic nitrogens is 3. The van der Waals surface area contributed by atoms with Crippen molar-refractivity contribution in [2.45, 2.75) is 30.9 Å². The molecule has 1 atom stereocenters. The average Bonchev–Trinajstić information content (AvgIpc) is 3.38. The van der Waals surface area contributed by atoms with Crippen molar-refractivity contribution in [1.29, 1.82) is 0 Å². The lowest BCUT2D eigenvalue weighted by molar-refractivity contribution is -0.128. The van der Waals surface area contributed by atoms with E-state index < -0.39 is 15.9 Å².